The molecule has 0 aromatic heterocycles. The fourth-order valence-electron chi connectivity index (χ4n) is 2.19. The molecule has 0 bridgehead atoms. The highest BCUT2D eigenvalue weighted by molar-refractivity contribution is 5.78. The second-order valence-corrected chi connectivity index (χ2v) is 5.01. The molecule has 0 aromatic rings. The Morgan fingerprint density at radius 1 is 1.41 bits per heavy atom. The van der Waals surface area contributed by atoms with Crippen molar-refractivity contribution in [1.29, 1.82) is 0 Å². The van der Waals surface area contributed by atoms with Crippen LogP contribution in [0.5, 0.6) is 0 Å². The van der Waals surface area contributed by atoms with Crippen LogP contribution in [0.3, 0.4) is 0 Å². The Bertz CT molecular complexity index is 225. The molecule has 0 radical (unpaired) electrons. The number of piperidine rings is 1. The summed E-state index contributed by atoms with van der Waals surface area (Å²) < 4.78 is 0. The fourth-order valence-corrected chi connectivity index (χ4v) is 2.19. The molecule has 0 unspecified atom stereocenters. The molecule has 1 heterocycles. The van der Waals surface area contributed by atoms with E-state index >= 15 is 0 Å². The van der Waals surface area contributed by atoms with Crippen LogP contribution >= 0.6 is 0 Å². The zero-order chi connectivity index (χ0) is 12.7. The molecule has 1 amide bonds. The Kier molecular flexibility index (Phi) is 6.52. The van der Waals surface area contributed by atoms with Crippen molar-refractivity contribution < 1.29 is 9.90 Å². The van der Waals surface area contributed by atoms with Gasteiger partial charge in [0.05, 0.1) is 6.54 Å². The van der Waals surface area contributed by atoms with Crippen LogP contribution < -0.4 is 0 Å². The van der Waals surface area contributed by atoms with Crippen molar-refractivity contribution in [2.45, 2.75) is 33.1 Å². The molecule has 0 aromatic carbocycles. The molecule has 100 valence electrons. The lowest BCUT2D eigenvalue weighted by Crippen LogP contribution is -2.44. The molecule has 4 nitrogen and oxygen atoms in total. The van der Waals surface area contributed by atoms with Gasteiger partial charge >= 0.3 is 0 Å². The van der Waals surface area contributed by atoms with Gasteiger partial charge in [0.25, 0.3) is 0 Å². The fraction of sp³-hybridized carbons (Fsp3) is 0.923. The van der Waals surface area contributed by atoms with E-state index in [0.29, 0.717) is 6.54 Å². The third-order valence-electron chi connectivity index (χ3n) is 3.57. The predicted octanol–water partition coefficient (Wildman–Crippen LogP) is 0.949. The van der Waals surface area contributed by atoms with Gasteiger partial charge in [0, 0.05) is 26.2 Å². The van der Waals surface area contributed by atoms with Gasteiger partial charge in [-0.2, -0.15) is 0 Å². The Balaban J connectivity index is 2.31. The van der Waals surface area contributed by atoms with Gasteiger partial charge in [-0.3, -0.25) is 9.69 Å². The van der Waals surface area contributed by atoms with E-state index < -0.39 is 0 Å². The summed E-state index contributed by atoms with van der Waals surface area (Å²) in [6, 6.07) is 0. The van der Waals surface area contributed by atoms with Gasteiger partial charge in [0.1, 0.15) is 0 Å². The van der Waals surface area contributed by atoms with Gasteiger partial charge in [-0.15, -0.1) is 0 Å². The van der Waals surface area contributed by atoms with Crippen molar-refractivity contribution in [2.75, 3.05) is 39.3 Å². The zero-order valence-corrected chi connectivity index (χ0v) is 11.2. The molecule has 1 aliphatic heterocycles. The number of amides is 1. The Hall–Kier alpha value is -0.610. The van der Waals surface area contributed by atoms with E-state index in [4.69, 9.17) is 5.11 Å². The van der Waals surface area contributed by atoms with Gasteiger partial charge in [0.2, 0.25) is 5.91 Å². The highest BCUT2D eigenvalue weighted by atomic mass is 16.3. The molecule has 1 rings (SSSR count). The van der Waals surface area contributed by atoms with E-state index in [9.17, 15) is 4.79 Å². The maximum absolute atomic E-state index is 12.1. The Morgan fingerprint density at radius 2 is 2.06 bits per heavy atom. The number of carbonyl (C=O) groups excluding carboxylic acids is 1. The number of hydrogen-bond donors (Lipinski definition) is 1. The van der Waals surface area contributed by atoms with Crippen LogP contribution in [-0.2, 0) is 4.79 Å². The Morgan fingerprint density at radius 3 is 2.59 bits per heavy atom. The molecule has 17 heavy (non-hydrogen) atoms. The smallest absolute Gasteiger partial charge is 0.236 e. The van der Waals surface area contributed by atoms with Crippen molar-refractivity contribution in [3.63, 3.8) is 0 Å². The first-order valence-electron chi connectivity index (χ1n) is 6.78. The number of hydrogen-bond acceptors (Lipinski definition) is 3. The van der Waals surface area contributed by atoms with Crippen molar-refractivity contribution in [3.8, 4) is 0 Å². The lowest BCUT2D eigenvalue weighted by atomic mass is 9.99. The summed E-state index contributed by atoms with van der Waals surface area (Å²) >= 11 is 0. The van der Waals surface area contributed by atoms with Crippen LogP contribution in [0.2, 0.25) is 0 Å². The van der Waals surface area contributed by atoms with E-state index in [2.05, 4.69) is 18.7 Å². The molecule has 1 saturated heterocycles. The van der Waals surface area contributed by atoms with E-state index in [1.54, 1.807) is 0 Å². The van der Waals surface area contributed by atoms with Crippen LogP contribution in [0.25, 0.3) is 0 Å². The maximum atomic E-state index is 12.1. The van der Waals surface area contributed by atoms with Crippen LogP contribution in [0.15, 0.2) is 0 Å². The molecule has 0 atom stereocenters. The summed E-state index contributed by atoms with van der Waals surface area (Å²) in [5.74, 6) is 1.01. The number of nitrogens with zero attached hydrogens (tertiary/aromatic N) is 2. The number of rotatable bonds is 6. The van der Waals surface area contributed by atoms with Gasteiger partial charge in [-0.05, 0) is 31.7 Å². The molecule has 0 saturated carbocycles. The molecule has 1 aliphatic rings. The molecular weight excluding hydrogens is 216 g/mol. The third kappa shape index (κ3) is 5.04. The maximum Gasteiger partial charge on any atom is 0.236 e. The number of aliphatic hydroxyl groups excluding tert-OH is 1. The zero-order valence-electron chi connectivity index (χ0n) is 11.2. The molecule has 0 spiro atoms. The van der Waals surface area contributed by atoms with Crippen LogP contribution in [0, 0.1) is 5.92 Å². The number of likely N-dealkylation sites (tertiary alicyclic amines) is 1. The molecule has 1 N–H and O–H groups in total. The molecule has 0 aliphatic carbocycles. The lowest BCUT2D eigenvalue weighted by molar-refractivity contribution is -0.133. The average Bonchev–Trinajstić information content (AvgIpc) is 2.35. The van der Waals surface area contributed by atoms with Gasteiger partial charge < -0.3 is 10.0 Å². The predicted molar refractivity (Wildman–Crippen MR) is 68.8 cm³/mol. The first-order valence-corrected chi connectivity index (χ1v) is 6.78. The molecule has 4 heteroatoms. The quantitative estimate of drug-likeness (QED) is 0.754. The van der Waals surface area contributed by atoms with Gasteiger partial charge in [-0.25, -0.2) is 0 Å². The summed E-state index contributed by atoms with van der Waals surface area (Å²) in [5, 5.41) is 8.80. The van der Waals surface area contributed by atoms with Crippen molar-refractivity contribution in [1.82, 2.24) is 9.80 Å². The SMILES string of the molecule is CCN(CCCO)CC(=O)N1CCC(C)CC1. The third-order valence-corrected chi connectivity index (χ3v) is 3.57. The minimum absolute atomic E-state index is 0.200. The summed E-state index contributed by atoms with van der Waals surface area (Å²) in [6.07, 6.45) is 3.02. The average molecular weight is 242 g/mol. The lowest BCUT2D eigenvalue weighted by Gasteiger charge is -2.32. The second-order valence-electron chi connectivity index (χ2n) is 5.01. The normalized spacial score (nSPS) is 17.8. The van der Waals surface area contributed by atoms with Crippen molar-refractivity contribution in [3.05, 3.63) is 0 Å². The number of carbonyl (C=O) groups is 1. The number of likely N-dealkylation sites (N-methyl/N-ethyl adjacent to an activating group) is 1. The molecule has 1 fully saturated rings. The van der Waals surface area contributed by atoms with E-state index in [0.717, 1.165) is 51.4 Å². The molecular formula is C13H26N2O2. The minimum Gasteiger partial charge on any atom is -0.396 e. The van der Waals surface area contributed by atoms with E-state index in [1.165, 1.54) is 0 Å². The van der Waals surface area contributed by atoms with E-state index in [-0.39, 0.29) is 12.5 Å². The summed E-state index contributed by atoms with van der Waals surface area (Å²) in [7, 11) is 0. The van der Waals surface area contributed by atoms with Crippen LogP contribution in [-0.4, -0.2) is 60.1 Å². The monoisotopic (exact) mass is 242 g/mol. The standard InChI is InChI=1S/C13H26N2O2/c1-3-14(7-4-10-16)11-13(17)15-8-5-12(2)6-9-15/h12,16H,3-11H2,1-2H3. The van der Waals surface area contributed by atoms with Gasteiger partial charge in [-0.1, -0.05) is 13.8 Å². The second kappa shape index (κ2) is 7.67. The highest BCUT2D eigenvalue weighted by Gasteiger charge is 2.21. The minimum atomic E-state index is 0.200. The van der Waals surface area contributed by atoms with Crippen molar-refractivity contribution in [2.24, 2.45) is 5.92 Å². The first-order chi connectivity index (χ1) is 8.17. The van der Waals surface area contributed by atoms with Crippen LogP contribution in [0.4, 0.5) is 0 Å². The topological polar surface area (TPSA) is 43.8 Å². The Labute approximate surface area is 105 Å². The number of aliphatic hydroxyl groups is 1. The highest BCUT2D eigenvalue weighted by Crippen LogP contribution is 2.16. The largest absolute Gasteiger partial charge is 0.396 e. The van der Waals surface area contributed by atoms with Gasteiger partial charge in [0.15, 0.2) is 0 Å². The van der Waals surface area contributed by atoms with Crippen molar-refractivity contribution >= 4 is 5.91 Å². The summed E-state index contributed by atoms with van der Waals surface area (Å²) in [4.78, 5) is 16.2. The summed E-state index contributed by atoms with van der Waals surface area (Å²) in [6.45, 7) is 8.52. The summed E-state index contributed by atoms with van der Waals surface area (Å²) in [5.41, 5.74) is 0. The van der Waals surface area contributed by atoms with Crippen LogP contribution in [0.1, 0.15) is 33.1 Å². The first kappa shape index (κ1) is 14.5. The van der Waals surface area contributed by atoms with E-state index in [1.807, 2.05) is 4.90 Å².